The molecule has 0 bridgehead atoms. The lowest BCUT2D eigenvalue weighted by Crippen LogP contribution is -2.41. The molecule has 1 unspecified atom stereocenters. The molecule has 0 saturated carbocycles. The van der Waals surface area contributed by atoms with Gasteiger partial charge in [-0.3, -0.25) is 9.69 Å². The Bertz CT molecular complexity index is 1160. The molecule has 1 N–H and O–H groups in total. The molecular formula is C21H19FN4O5. The highest BCUT2D eigenvalue weighted by molar-refractivity contribution is 6.07. The Kier molecular flexibility index (Phi) is 5.05. The number of carbonyl (C=O) groups is 2. The first kappa shape index (κ1) is 20.3. The second-order valence-corrected chi connectivity index (χ2v) is 7.00. The molecule has 0 aliphatic carbocycles. The van der Waals surface area contributed by atoms with Gasteiger partial charge in [-0.1, -0.05) is 23.4 Å². The lowest BCUT2D eigenvalue weighted by atomic mass is 9.91. The van der Waals surface area contributed by atoms with Crippen LogP contribution in [0.15, 0.2) is 47.0 Å². The summed E-state index contributed by atoms with van der Waals surface area (Å²) in [6.45, 7) is 1.19. The predicted molar refractivity (Wildman–Crippen MR) is 106 cm³/mol. The highest BCUT2D eigenvalue weighted by Crippen LogP contribution is 2.33. The number of halogens is 1. The number of urea groups is 1. The summed E-state index contributed by atoms with van der Waals surface area (Å²) in [4.78, 5) is 30.7. The number of aromatic nitrogens is 2. The average molecular weight is 426 g/mol. The maximum atomic E-state index is 14.3. The molecule has 0 spiro atoms. The summed E-state index contributed by atoms with van der Waals surface area (Å²) in [5.74, 6) is 0.106. The van der Waals surface area contributed by atoms with E-state index in [1.54, 1.807) is 24.3 Å². The van der Waals surface area contributed by atoms with Gasteiger partial charge in [-0.05, 0) is 25.1 Å². The van der Waals surface area contributed by atoms with Crippen molar-refractivity contribution in [1.82, 2.24) is 20.4 Å². The maximum absolute atomic E-state index is 14.3. The average Bonchev–Trinajstić information content (AvgIpc) is 3.32. The number of hydrogen-bond acceptors (Lipinski definition) is 7. The fraction of sp³-hybridized carbons (Fsp3) is 0.238. The maximum Gasteiger partial charge on any atom is 0.325 e. The summed E-state index contributed by atoms with van der Waals surface area (Å²) in [6, 6.07) is 10.2. The summed E-state index contributed by atoms with van der Waals surface area (Å²) < 4.78 is 30.0. The van der Waals surface area contributed by atoms with Crippen LogP contribution in [0.1, 0.15) is 18.4 Å². The molecule has 31 heavy (non-hydrogen) atoms. The number of ether oxygens (including phenoxy) is 2. The van der Waals surface area contributed by atoms with E-state index in [0.717, 1.165) is 4.90 Å². The Labute approximate surface area is 176 Å². The van der Waals surface area contributed by atoms with Gasteiger partial charge in [-0.2, -0.15) is 4.98 Å². The van der Waals surface area contributed by atoms with Gasteiger partial charge in [0.05, 0.1) is 19.8 Å². The van der Waals surface area contributed by atoms with Crippen molar-refractivity contribution in [2.45, 2.75) is 19.0 Å². The van der Waals surface area contributed by atoms with Crippen molar-refractivity contribution in [3.05, 3.63) is 59.7 Å². The number of amides is 3. The molecule has 0 radical (unpaired) electrons. The van der Waals surface area contributed by atoms with Crippen LogP contribution < -0.4 is 14.8 Å². The van der Waals surface area contributed by atoms with Crippen molar-refractivity contribution >= 4 is 11.9 Å². The Morgan fingerprint density at radius 3 is 2.65 bits per heavy atom. The topological polar surface area (TPSA) is 107 Å². The molecule has 1 saturated heterocycles. The first-order valence-electron chi connectivity index (χ1n) is 9.31. The molecule has 2 heterocycles. The molecule has 10 heteroatoms. The zero-order valence-electron chi connectivity index (χ0n) is 17.0. The third-order valence-corrected chi connectivity index (χ3v) is 5.10. The smallest absolute Gasteiger partial charge is 0.325 e. The van der Waals surface area contributed by atoms with Gasteiger partial charge in [-0.15, -0.1) is 0 Å². The van der Waals surface area contributed by atoms with Gasteiger partial charge in [0.2, 0.25) is 11.7 Å². The molecule has 1 aromatic heterocycles. The molecule has 3 amide bonds. The van der Waals surface area contributed by atoms with Crippen LogP contribution in [0, 0.1) is 5.82 Å². The highest BCUT2D eigenvalue weighted by atomic mass is 19.1. The molecular weight excluding hydrogens is 407 g/mol. The van der Waals surface area contributed by atoms with Gasteiger partial charge in [-0.25, -0.2) is 9.18 Å². The van der Waals surface area contributed by atoms with E-state index in [1.165, 1.54) is 39.3 Å². The van der Waals surface area contributed by atoms with Crippen molar-refractivity contribution in [3.8, 4) is 22.9 Å². The lowest BCUT2D eigenvalue weighted by molar-refractivity contribution is -0.131. The third kappa shape index (κ3) is 3.45. The Morgan fingerprint density at radius 2 is 1.94 bits per heavy atom. The van der Waals surface area contributed by atoms with Crippen molar-refractivity contribution in [3.63, 3.8) is 0 Å². The first-order chi connectivity index (χ1) is 14.9. The van der Waals surface area contributed by atoms with Gasteiger partial charge < -0.3 is 19.3 Å². The van der Waals surface area contributed by atoms with Crippen LogP contribution in [0.5, 0.6) is 11.5 Å². The standard InChI is InChI=1S/C21H19FN4O5/c1-21(14-6-4-5-7-15(14)22)19(27)26(20(28)24-21)11-17-23-18(25-31-17)13-9-8-12(29-2)10-16(13)30-3/h4-10H,11H2,1-3H3,(H,24,28). The molecule has 9 nitrogen and oxygen atoms in total. The summed E-state index contributed by atoms with van der Waals surface area (Å²) in [5.41, 5.74) is -0.915. The number of methoxy groups -OCH3 is 2. The van der Waals surface area contributed by atoms with E-state index in [2.05, 4.69) is 15.5 Å². The SMILES string of the molecule is COc1ccc(-c2noc(CN3C(=O)NC(C)(c4ccccc4F)C3=O)n2)c(OC)c1. The summed E-state index contributed by atoms with van der Waals surface area (Å²) in [6.07, 6.45) is 0. The van der Waals surface area contributed by atoms with E-state index in [-0.39, 0.29) is 23.8 Å². The fourth-order valence-electron chi connectivity index (χ4n) is 3.44. The van der Waals surface area contributed by atoms with Gasteiger partial charge in [0.1, 0.15) is 29.4 Å². The summed E-state index contributed by atoms with van der Waals surface area (Å²) >= 11 is 0. The van der Waals surface area contributed by atoms with E-state index < -0.39 is 23.3 Å². The summed E-state index contributed by atoms with van der Waals surface area (Å²) in [5, 5.41) is 6.47. The molecule has 4 rings (SSSR count). The van der Waals surface area contributed by atoms with Crippen LogP contribution in [0.3, 0.4) is 0 Å². The molecule has 1 aliphatic rings. The minimum atomic E-state index is -1.54. The molecule has 160 valence electrons. The van der Waals surface area contributed by atoms with Gasteiger partial charge in [0.15, 0.2) is 0 Å². The predicted octanol–water partition coefficient (Wildman–Crippen LogP) is 2.86. The van der Waals surface area contributed by atoms with Crippen LogP contribution in [-0.4, -0.2) is 41.2 Å². The second-order valence-electron chi connectivity index (χ2n) is 7.00. The summed E-state index contributed by atoms with van der Waals surface area (Å²) in [7, 11) is 3.03. The number of nitrogens with one attached hydrogen (secondary N) is 1. The van der Waals surface area contributed by atoms with Gasteiger partial charge in [0, 0.05) is 11.6 Å². The molecule has 1 aliphatic heterocycles. The quantitative estimate of drug-likeness (QED) is 0.604. The van der Waals surface area contributed by atoms with Gasteiger partial charge >= 0.3 is 6.03 Å². The number of carbonyl (C=O) groups excluding carboxylic acids is 2. The Morgan fingerprint density at radius 1 is 1.16 bits per heavy atom. The molecule has 1 fully saturated rings. The van der Waals surface area contributed by atoms with Crippen LogP contribution in [0.2, 0.25) is 0 Å². The second kappa shape index (κ2) is 7.71. The lowest BCUT2D eigenvalue weighted by Gasteiger charge is -2.22. The molecule has 3 aromatic rings. The zero-order valence-corrected chi connectivity index (χ0v) is 17.0. The first-order valence-corrected chi connectivity index (χ1v) is 9.31. The largest absolute Gasteiger partial charge is 0.497 e. The van der Waals surface area contributed by atoms with Crippen molar-refractivity contribution < 1.29 is 28.0 Å². The number of imide groups is 1. The van der Waals surface area contributed by atoms with Crippen LogP contribution in [-0.2, 0) is 16.9 Å². The van der Waals surface area contributed by atoms with E-state index in [9.17, 15) is 14.0 Å². The number of nitrogens with zero attached hydrogens (tertiary/aromatic N) is 3. The normalized spacial score (nSPS) is 18.3. The van der Waals surface area contributed by atoms with Crippen molar-refractivity contribution in [1.29, 1.82) is 0 Å². The highest BCUT2D eigenvalue weighted by Gasteiger charge is 2.50. The minimum Gasteiger partial charge on any atom is -0.497 e. The molecule has 2 aromatic carbocycles. The zero-order chi connectivity index (χ0) is 22.2. The monoisotopic (exact) mass is 426 g/mol. The van der Waals surface area contributed by atoms with E-state index in [1.807, 2.05) is 0 Å². The third-order valence-electron chi connectivity index (χ3n) is 5.10. The Balaban J connectivity index is 1.59. The molecule has 1 atom stereocenters. The Hall–Kier alpha value is -3.95. The van der Waals surface area contributed by atoms with Crippen molar-refractivity contribution in [2.24, 2.45) is 0 Å². The van der Waals surface area contributed by atoms with Crippen LogP contribution >= 0.6 is 0 Å². The van der Waals surface area contributed by atoms with Crippen LogP contribution in [0.4, 0.5) is 9.18 Å². The van der Waals surface area contributed by atoms with E-state index >= 15 is 0 Å². The van der Waals surface area contributed by atoms with Crippen LogP contribution in [0.25, 0.3) is 11.4 Å². The van der Waals surface area contributed by atoms with Crippen molar-refractivity contribution in [2.75, 3.05) is 14.2 Å². The number of rotatable bonds is 6. The number of hydrogen-bond donors (Lipinski definition) is 1. The van der Waals surface area contributed by atoms with E-state index in [4.69, 9.17) is 14.0 Å². The van der Waals surface area contributed by atoms with E-state index in [0.29, 0.717) is 17.1 Å². The fourth-order valence-corrected chi connectivity index (χ4v) is 3.44. The number of benzene rings is 2. The van der Waals surface area contributed by atoms with Gasteiger partial charge in [0.25, 0.3) is 5.91 Å². The minimum absolute atomic E-state index is 0.0363.